The van der Waals surface area contributed by atoms with Gasteiger partial charge in [0.25, 0.3) is 0 Å². The van der Waals surface area contributed by atoms with E-state index < -0.39 is 9.84 Å². The highest BCUT2D eigenvalue weighted by Gasteiger charge is 2.09. The molecule has 2 aromatic carbocycles. The minimum Gasteiger partial charge on any atom is -0.460 e. The van der Waals surface area contributed by atoms with Gasteiger partial charge in [-0.2, -0.15) is 0 Å². The van der Waals surface area contributed by atoms with Crippen LogP contribution in [0.2, 0.25) is 0 Å². The maximum absolute atomic E-state index is 11.2. The third kappa shape index (κ3) is 5.06. The number of anilines is 2. The average molecular weight is 422 g/mol. The molecular formula is C23H23N3O3S. The Bertz CT molecular complexity index is 1250. The predicted octanol–water partition coefficient (Wildman–Crippen LogP) is 4.37. The van der Waals surface area contributed by atoms with Crippen molar-refractivity contribution >= 4 is 32.1 Å². The van der Waals surface area contributed by atoms with Crippen molar-refractivity contribution in [3.05, 3.63) is 78.7 Å². The van der Waals surface area contributed by atoms with Crippen LogP contribution in [0.5, 0.6) is 0 Å². The molecule has 0 saturated carbocycles. The molecule has 0 aliphatic heterocycles. The first-order valence-electron chi connectivity index (χ1n) is 9.66. The Morgan fingerprint density at radius 2 is 1.83 bits per heavy atom. The van der Waals surface area contributed by atoms with E-state index in [1.165, 1.54) is 6.26 Å². The summed E-state index contributed by atoms with van der Waals surface area (Å²) >= 11 is 0. The molecule has 0 spiro atoms. The van der Waals surface area contributed by atoms with Crippen LogP contribution in [-0.4, -0.2) is 32.0 Å². The van der Waals surface area contributed by atoms with Crippen molar-refractivity contribution in [2.45, 2.75) is 6.54 Å². The molecule has 0 bridgehead atoms. The van der Waals surface area contributed by atoms with E-state index in [0.717, 1.165) is 39.4 Å². The second-order valence-electron chi connectivity index (χ2n) is 7.15. The standard InChI is InChI=1S/C23H23N3O3S/c1-30(27,28)14-13-24-16-19-8-10-23(29-19)17-7-9-21-20(15-17)22(11-12-25-21)26-18-5-3-2-4-6-18/h2-12,15,24H,13-14,16H2,1H3,(H,25,26). The molecule has 2 aromatic heterocycles. The molecule has 0 saturated heterocycles. The van der Waals surface area contributed by atoms with Gasteiger partial charge in [-0.1, -0.05) is 18.2 Å². The number of rotatable bonds is 8. The van der Waals surface area contributed by atoms with E-state index >= 15 is 0 Å². The van der Waals surface area contributed by atoms with Crippen molar-refractivity contribution in [3.8, 4) is 11.3 Å². The summed E-state index contributed by atoms with van der Waals surface area (Å²) in [4.78, 5) is 4.46. The zero-order valence-electron chi connectivity index (χ0n) is 16.6. The number of para-hydroxylation sites is 1. The predicted molar refractivity (Wildman–Crippen MR) is 121 cm³/mol. The van der Waals surface area contributed by atoms with Gasteiger partial charge in [0.1, 0.15) is 21.4 Å². The van der Waals surface area contributed by atoms with E-state index in [1.807, 2.05) is 60.7 Å². The summed E-state index contributed by atoms with van der Waals surface area (Å²) < 4.78 is 28.4. The van der Waals surface area contributed by atoms with Gasteiger partial charge >= 0.3 is 0 Å². The fraction of sp³-hybridized carbons (Fsp3) is 0.174. The molecule has 2 N–H and O–H groups in total. The van der Waals surface area contributed by atoms with Gasteiger partial charge in [-0.3, -0.25) is 4.98 Å². The fourth-order valence-electron chi connectivity index (χ4n) is 3.18. The third-order valence-electron chi connectivity index (χ3n) is 4.69. The zero-order valence-corrected chi connectivity index (χ0v) is 17.4. The second kappa shape index (κ2) is 8.69. The summed E-state index contributed by atoms with van der Waals surface area (Å²) in [5.74, 6) is 1.62. The Labute approximate surface area is 175 Å². The average Bonchev–Trinajstić information content (AvgIpc) is 3.20. The van der Waals surface area contributed by atoms with Crippen LogP contribution in [0.4, 0.5) is 11.4 Å². The van der Waals surface area contributed by atoms with Gasteiger partial charge in [-0.25, -0.2) is 8.42 Å². The smallest absolute Gasteiger partial charge is 0.148 e. The number of aromatic nitrogens is 1. The molecule has 0 amide bonds. The third-order valence-corrected chi connectivity index (χ3v) is 5.64. The lowest BCUT2D eigenvalue weighted by molar-refractivity contribution is 0.498. The number of fused-ring (bicyclic) bond motifs is 1. The number of hydrogen-bond donors (Lipinski definition) is 2. The monoisotopic (exact) mass is 421 g/mol. The SMILES string of the molecule is CS(=O)(=O)CCNCc1ccc(-c2ccc3nccc(Nc4ccccc4)c3c2)o1. The summed E-state index contributed by atoms with van der Waals surface area (Å²) in [5, 5.41) is 7.55. The van der Waals surface area contributed by atoms with E-state index in [9.17, 15) is 8.42 Å². The number of benzene rings is 2. The molecule has 154 valence electrons. The van der Waals surface area contributed by atoms with Crippen molar-refractivity contribution in [1.82, 2.24) is 10.3 Å². The number of furan rings is 1. The van der Waals surface area contributed by atoms with Crippen LogP contribution in [0, 0.1) is 0 Å². The lowest BCUT2D eigenvalue weighted by atomic mass is 10.1. The lowest BCUT2D eigenvalue weighted by Gasteiger charge is -2.10. The first-order chi connectivity index (χ1) is 14.5. The molecule has 2 heterocycles. The number of nitrogens with one attached hydrogen (secondary N) is 2. The first-order valence-corrected chi connectivity index (χ1v) is 11.7. The highest BCUT2D eigenvalue weighted by Crippen LogP contribution is 2.30. The van der Waals surface area contributed by atoms with E-state index in [-0.39, 0.29) is 5.75 Å². The van der Waals surface area contributed by atoms with Crippen LogP contribution in [0.3, 0.4) is 0 Å². The maximum Gasteiger partial charge on any atom is 0.148 e. The summed E-state index contributed by atoms with van der Waals surface area (Å²) in [6.07, 6.45) is 3.02. The molecule has 0 radical (unpaired) electrons. The van der Waals surface area contributed by atoms with Crippen LogP contribution in [-0.2, 0) is 16.4 Å². The minimum absolute atomic E-state index is 0.107. The Morgan fingerprint density at radius 3 is 2.63 bits per heavy atom. The van der Waals surface area contributed by atoms with Gasteiger partial charge in [-0.15, -0.1) is 0 Å². The van der Waals surface area contributed by atoms with Crippen LogP contribution >= 0.6 is 0 Å². The lowest BCUT2D eigenvalue weighted by Crippen LogP contribution is -2.21. The maximum atomic E-state index is 11.2. The summed E-state index contributed by atoms with van der Waals surface area (Å²) in [7, 11) is -2.97. The number of hydrogen-bond acceptors (Lipinski definition) is 6. The van der Waals surface area contributed by atoms with Crippen LogP contribution < -0.4 is 10.6 Å². The molecule has 4 rings (SSSR count). The van der Waals surface area contributed by atoms with Crippen molar-refractivity contribution in [3.63, 3.8) is 0 Å². The van der Waals surface area contributed by atoms with Gasteiger partial charge in [-0.05, 0) is 48.5 Å². The zero-order chi connectivity index (χ0) is 21.0. The summed E-state index contributed by atoms with van der Waals surface area (Å²) in [6, 6.07) is 21.8. The normalized spacial score (nSPS) is 11.6. The Hall–Kier alpha value is -3.16. The number of pyridine rings is 1. The number of nitrogens with zero attached hydrogens (tertiary/aromatic N) is 1. The van der Waals surface area contributed by atoms with Gasteiger partial charge < -0.3 is 15.1 Å². The molecule has 7 heteroatoms. The van der Waals surface area contributed by atoms with Crippen molar-refractivity contribution < 1.29 is 12.8 Å². The van der Waals surface area contributed by atoms with Gasteiger partial charge in [0.05, 0.1) is 17.8 Å². The Balaban J connectivity index is 1.53. The fourth-order valence-corrected chi connectivity index (χ4v) is 3.70. The van der Waals surface area contributed by atoms with E-state index in [2.05, 4.69) is 21.7 Å². The van der Waals surface area contributed by atoms with Crippen molar-refractivity contribution in [1.29, 1.82) is 0 Å². The van der Waals surface area contributed by atoms with Crippen LogP contribution in [0.1, 0.15) is 5.76 Å². The molecule has 0 unspecified atom stereocenters. The Morgan fingerprint density at radius 1 is 1.00 bits per heavy atom. The highest BCUT2D eigenvalue weighted by atomic mass is 32.2. The summed E-state index contributed by atoms with van der Waals surface area (Å²) in [5.41, 5.74) is 3.83. The molecule has 30 heavy (non-hydrogen) atoms. The Kier molecular flexibility index (Phi) is 5.83. The largest absolute Gasteiger partial charge is 0.460 e. The van der Waals surface area contributed by atoms with Gasteiger partial charge in [0.2, 0.25) is 0 Å². The number of sulfone groups is 1. The quantitative estimate of drug-likeness (QED) is 0.411. The minimum atomic E-state index is -2.97. The molecule has 0 aliphatic carbocycles. The molecule has 0 fully saturated rings. The van der Waals surface area contributed by atoms with Gasteiger partial charge in [0.15, 0.2) is 0 Å². The van der Waals surface area contributed by atoms with E-state index in [0.29, 0.717) is 13.1 Å². The molecule has 0 aliphatic rings. The summed E-state index contributed by atoms with van der Waals surface area (Å²) in [6.45, 7) is 0.872. The van der Waals surface area contributed by atoms with Crippen LogP contribution in [0.25, 0.3) is 22.2 Å². The van der Waals surface area contributed by atoms with E-state index in [4.69, 9.17) is 4.42 Å². The van der Waals surface area contributed by atoms with E-state index in [1.54, 1.807) is 6.20 Å². The van der Waals surface area contributed by atoms with Crippen LogP contribution in [0.15, 0.2) is 77.3 Å². The topological polar surface area (TPSA) is 84.2 Å². The molecular weight excluding hydrogens is 398 g/mol. The van der Waals surface area contributed by atoms with Crippen molar-refractivity contribution in [2.75, 3.05) is 23.9 Å². The van der Waals surface area contributed by atoms with Gasteiger partial charge in [0, 0.05) is 41.3 Å². The molecule has 4 aromatic rings. The van der Waals surface area contributed by atoms with Crippen molar-refractivity contribution in [2.24, 2.45) is 0 Å². The molecule has 0 atom stereocenters. The highest BCUT2D eigenvalue weighted by molar-refractivity contribution is 7.90. The second-order valence-corrected chi connectivity index (χ2v) is 9.41. The molecule has 6 nitrogen and oxygen atoms in total. The first kappa shape index (κ1) is 20.1.